The van der Waals surface area contributed by atoms with Gasteiger partial charge in [-0.05, 0) is 33.7 Å². The molecule has 0 aliphatic carbocycles. The lowest BCUT2D eigenvalue weighted by Crippen LogP contribution is -2.38. The molecule has 3 heterocycles. The minimum absolute atomic E-state index is 0.528. The highest BCUT2D eigenvalue weighted by Gasteiger charge is 2.26. The molecule has 102 valence electrons. The molecule has 5 heteroatoms. The van der Waals surface area contributed by atoms with Crippen LogP contribution >= 0.6 is 0 Å². The number of hydrogen-bond acceptors (Lipinski definition) is 3. The zero-order valence-electron chi connectivity index (χ0n) is 11.8. The van der Waals surface area contributed by atoms with Gasteiger partial charge in [0.1, 0.15) is 5.69 Å². The second-order valence-corrected chi connectivity index (χ2v) is 5.54. The Kier molecular flexibility index (Phi) is 3.14. The highest BCUT2D eigenvalue weighted by molar-refractivity contribution is 5.53. The van der Waals surface area contributed by atoms with Crippen molar-refractivity contribution < 1.29 is 0 Å². The van der Waals surface area contributed by atoms with Crippen molar-refractivity contribution in [1.29, 1.82) is 0 Å². The van der Waals surface area contributed by atoms with E-state index in [0.29, 0.717) is 12.1 Å². The molecule has 19 heavy (non-hydrogen) atoms. The third-order valence-corrected chi connectivity index (χ3v) is 4.28. The van der Waals surface area contributed by atoms with E-state index in [4.69, 9.17) is 0 Å². The van der Waals surface area contributed by atoms with Crippen molar-refractivity contribution in [2.45, 2.75) is 38.8 Å². The highest BCUT2D eigenvalue weighted by Crippen LogP contribution is 2.30. The maximum absolute atomic E-state index is 4.51. The average Bonchev–Trinajstić information content (AvgIpc) is 3.00. The normalized spacial score (nSPS) is 24.8. The Morgan fingerprint density at radius 3 is 2.89 bits per heavy atom. The summed E-state index contributed by atoms with van der Waals surface area (Å²) >= 11 is 0. The lowest BCUT2D eigenvalue weighted by molar-refractivity contribution is 0.157. The second-order valence-electron chi connectivity index (χ2n) is 5.54. The van der Waals surface area contributed by atoms with Crippen LogP contribution in [0.4, 0.5) is 0 Å². The molecular weight excluding hydrogens is 238 g/mol. The molecule has 0 aromatic carbocycles. The zero-order chi connectivity index (χ0) is 13.4. The summed E-state index contributed by atoms with van der Waals surface area (Å²) in [5.74, 6) is 0.987. The van der Waals surface area contributed by atoms with Gasteiger partial charge < -0.3 is 14.5 Å². The van der Waals surface area contributed by atoms with E-state index in [2.05, 4.69) is 44.6 Å². The summed E-state index contributed by atoms with van der Waals surface area (Å²) in [5.41, 5.74) is 2.05. The van der Waals surface area contributed by atoms with Crippen molar-refractivity contribution in [3.8, 4) is 11.5 Å². The molecule has 5 nitrogen and oxygen atoms in total. The molecule has 1 N–H and O–H groups in total. The average molecular weight is 259 g/mol. The molecule has 2 aromatic heterocycles. The van der Waals surface area contributed by atoms with Gasteiger partial charge in [0.15, 0.2) is 5.82 Å². The van der Waals surface area contributed by atoms with Gasteiger partial charge in [0.2, 0.25) is 0 Å². The molecule has 0 spiro atoms. The lowest BCUT2D eigenvalue weighted by atomic mass is 9.98. The Labute approximate surface area is 113 Å². The number of nitrogens with one attached hydrogen (secondary N) is 1. The maximum atomic E-state index is 4.51. The van der Waals surface area contributed by atoms with Gasteiger partial charge >= 0.3 is 0 Å². The van der Waals surface area contributed by atoms with Crippen molar-refractivity contribution >= 4 is 0 Å². The van der Waals surface area contributed by atoms with Crippen LogP contribution in [0.15, 0.2) is 18.7 Å². The second kappa shape index (κ2) is 4.81. The van der Waals surface area contributed by atoms with Crippen LogP contribution in [0.2, 0.25) is 0 Å². The number of piperidine rings is 1. The number of hydrogen-bond donors (Lipinski definition) is 1. The fourth-order valence-corrected chi connectivity index (χ4v) is 2.89. The van der Waals surface area contributed by atoms with Gasteiger partial charge in [0.05, 0.1) is 6.33 Å². The minimum atomic E-state index is 0.528. The molecule has 0 radical (unpaired) electrons. The molecule has 0 amide bonds. The zero-order valence-corrected chi connectivity index (χ0v) is 11.8. The summed E-state index contributed by atoms with van der Waals surface area (Å²) in [7, 11) is 2.20. The first-order valence-corrected chi connectivity index (χ1v) is 6.90. The predicted octanol–water partition coefficient (Wildman–Crippen LogP) is 2.24. The van der Waals surface area contributed by atoms with Crippen LogP contribution in [0.1, 0.15) is 31.5 Å². The number of rotatable bonds is 2. The van der Waals surface area contributed by atoms with E-state index in [1.807, 2.05) is 13.1 Å². The van der Waals surface area contributed by atoms with Gasteiger partial charge in [-0.3, -0.25) is 0 Å². The van der Waals surface area contributed by atoms with Gasteiger partial charge in [-0.15, -0.1) is 0 Å². The van der Waals surface area contributed by atoms with E-state index in [9.17, 15) is 0 Å². The van der Waals surface area contributed by atoms with Crippen LogP contribution in [-0.2, 0) is 0 Å². The van der Waals surface area contributed by atoms with Gasteiger partial charge in [0.25, 0.3) is 0 Å². The quantitative estimate of drug-likeness (QED) is 0.899. The summed E-state index contributed by atoms with van der Waals surface area (Å²) in [6, 6.07) is 1.15. The van der Waals surface area contributed by atoms with Crippen LogP contribution in [-0.4, -0.2) is 44.1 Å². The number of aromatic nitrogens is 4. The highest BCUT2D eigenvalue weighted by atomic mass is 15.2. The first-order chi connectivity index (χ1) is 9.16. The standard InChI is InChI=1S/C14H21N5/c1-10-8-12(4-6-18(10)3)19-7-5-15-14(19)13-11(2)16-9-17-13/h5,7,9-10,12H,4,6,8H2,1-3H3,(H,16,17)/t10-,12-/m0/s1. The molecule has 1 aliphatic rings. The summed E-state index contributed by atoms with van der Waals surface area (Å²) < 4.78 is 2.30. The maximum Gasteiger partial charge on any atom is 0.160 e. The van der Waals surface area contributed by atoms with Crippen molar-refractivity contribution in [3.05, 3.63) is 24.4 Å². The molecule has 1 fully saturated rings. The minimum Gasteiger partial charge on any atom is -0.348 e. The monoisotopic (exact) mass is 259 g/mol. The molecule has 0 unspecified atom stereocenters. The predicted molar refractivity (Wildman–Crippen MR) is 74.9 cm³/mol. The largest absolute Gasteiger partial charge is 0.348 e. The summed E-state index contributed by atoms with van der Waals surface area (Å²) in [6.45, 7) is 5.48. The van der Waals surface area contributed by atoms with E-state index in [1.165, 1.54) is 12.8 Å². The Morgan fingerprint density at radius 2 is 2.21 bits per heavy atom. The van der Waals surface area contributed by atoms with Crippen molar-refractivity contribution in [2.24, 2.45) is 0 Å². The molecule has 0 bridgehead atoms. The van der Waals surface area contributed by atoms with Crippen molar-refractivity contribution in [3.63, 3.8) is 0 Å². The number of aryl methyl sites for hydroxylation is 1. The van der Waals surface area contributed by atoms with E-state index in [-0.39, 0.29) is 0 Å². The molecule has 2 atom stereocenters. The molecule has 1 aliphatic heterocycles. The molecule has 0 saturated carbocycles. The Balaban J connectivity index is 1.91. The SMILES string of the molecule is Cc1[nH]cnc1-c1nccn1[C@H]1CCN(C)[C@@H](C)C1. The third-order valence-electron chi connectivity index (χ3n) is 4.28. The number of H-pyrrole nitrogens is 1. The molecular formula is C14H21N5. The fraction of sp³-hybridized carbons (Fsp3) is 0.571. The molecule has 2 aromatic rings. The molecule has 1 saturated heterocycles. The summed E-state index contributed by atoms with van der Waals surface area (Å²) in [5, 5.41) is 0. The number of likely N-dealkylation sites (tertiary alicyclic amines) is 1. The van der Waals surface area contributed by atoms with E-state index in [0.717, 1.165) is 23.8 Å². The van der Waals surface area contributed by atoms with Crippen LogP contribution in [0.5, 0.6) is 0 Å². The topological polar surface area (TPSA) is 49.7 Å². The smallest absolute Gasteiger partial charge is 0.160 e. The lowest BCUT2D eigenvalue weighted by Gasteiger charge is -2.36. The summed E-state index contributed by atoms with van der Waals surface area (Å²) in [6.07, 6.45) is 8.05. The van der Waals surface area contributed by atoms with Crippen LogP contribution in [0.25, 0.3) is 11.5 Å². The van der Waals surface area contributed by atoms with Crippen LogP contribution < -0.4 is 0 Å². The van der Waals surface area contributed by atoms with Gasteiger partial charge in [-0.2, -0.15) is 0 Å². The Bertz CT molecular complexity index is 556. The number of nitrogens with zero attached hydrogens (tertiary/aromatic N) is 4. The van der Waals surface area contributed by atoms with Crippen LogP contribution in [0, 0.1) is 6.92 Å². The fourth-order valence-electron chi connectivity index (χ4n) is 2.89. The molecule has 3 rings (SSSR count). The van der Waals surface area contributed by atoms with Crippen molar-refractivity contribution in [2.75, 3.05) is 13.6 Å². The number of imidazole rings is 2. The van der Waals surface area contributed by atoms with Gasteiger partial charge in [0, 0.05) is 36.7 Å². The van der Waals surface area contributed by atoms with E-state index < -0.39 is 0 Å². The van der Waals surface area contributed by atoms with E-state index in [1.54, 1.807) is 6.33 Å². The van der Waals surface area contributed by atoms with E-state index >= 15 is 0 Å². The Morgan fingerprint density at radius 1 is 1.37 bits per heavy atom. The number of aromatic amines is 1. The Hall–Kier alpha value is -1.62. The third kappa shape index (κ3) is 2.18. The van der Waals surface area contributed by atoms with Gasteiger partial charge in [-0.1, -0.05) is 0 Å². The summed E-state index contributed by atoms with van der Waals surface area (Å²) in [4.78, 5) is 14.5. The van der Waals surface area contributed by atoms with Gasteiger partial charge in [-0.25, -0.2) is 9.97 Å². The van der Waals surface area contributed by atoms with Crippen molar-refractivity contribution in [1.82, 2.24) is 24.4 Å². The first kappa shape index (κ1) is 12.4. The van der Waals surface area contributed by atoms with Crippen LogP contribution in [0.3, 0.4) is 0 Å². The first-order valence-electron chi connectivity index (χ1n) is 6.90.